The summed E-state index contributed by atoms with van der Waals surface area (Å²) in [5, 5.41) is 12.0. The van der Waals surface area contributed by atoms with Crippen LogP contribution in [0, 0.1) is 15.5 Å². The lowest BCUT2D eigenvalue weighted by Gasteiger charge is -2.42. The largest absolute Gasteiger partial charge is 0.494 e. The van der Waals surface area contributed by atoms with Crippen LogP contribution in [0.2, 0.25) is 5.02 Å². The molecular weight excluding hydrogens is 444 g/mol. The Labute approximate surface area is 197 Å². The van der Waals surface area contributed by atoms with Gasteiger partial charge < -0.3 is 4.74 Å². The van der Waals surface area contributed by atoms with Gasteiger partial charge in [0, 0.05) is 46.7 Å². The highest BCUT2D eigenvalue weighted by atomic mass is 35.5. The number of ether oxygens (including phenoxy) is 1. The first-order valence-corrected chi connectivity index (χ1v) is 11.3. The van der Waals surface area contributed by atoms with Crippen molar-refractivity contribution in [3.05, 3.63) is 74.4 Å². The number of anilines is 1. The Bertz CT molecular complexity index is 1190. The summed E-state index contributed by atoms with van der Waals surface area (Å²) < 4.78 is 5.79. The molecule has 1 heterocycles. The van der Waals surface area contributed by atoms with E-state index in [2.05, 4.69) is 0 Å². The van der Waals surface area contributed by atoms with Gasteiger partial charge in [0.25, 0.3) is 5.69 Å². The third kappa shape index (κ3) is 4.25. The molecule has 33 heavy (non-hydrogen) atoms. The Kier molecular flexibility index (Phi) is 6.01. The summed E-state index contributed by atoms with van der Waals surface area (Å²) in [5.41, 5.74) is 1.26. The number of nitro benzene ring substituents is 1. The fourth-order valence-electron chi connectivity index (χ4n) is 4.85. The molecule has 1 unspecified atom stereocenters. The number of amides is 1. The minimum atomic E-state index is -0.536. The number of hydrogen-bond donors (Lipinski definition) is 0. The SMILES string of the molecule is CCOc1ccccc1C1CC(=O)N(c2cc(Cl)ccc2[N+](=O)[O-])C2=C1C(=O)CC(C)(C)C2. The summed E-state index contributed by atoms with van der Waals surface area (Å²) in [7, 11) is 0. The van der Waals surface area contributed by atoms with Crippen molar-refractivity contribution >= 4 is 34.7 Å². The molecule has 1 atom stereocenters. The second-order valence-electron chi connectivity index (χ2n) is 9.15. The van der Waals surface area contributed by atoms with Crippen molar-refractivity contribution in [3.63, 3.8) is 0 Å². The molecule has 7 nitrogen and oxygen atoms in total. The molecule has 8 heteroatoms. The maximum Gasteiger partial charge on any atom is 0.293 e. The second-order valence-corrected chi connectivity index (χ2v) is 9.58. The number of ketones is 1. The van der Waals surface area contributed by atoms with Crippen LogP contribution in [-0.2, 0) is 9.59 Å². The number of nitro groups is 1. The van der Waals surface area contributed by atoms with Crippen molar-refractivity contribution in [2.45, 2.75) is 46.0 Å². The van der Waals surface area contributed by atoms with Crippen LogP contribution in [0.3, 0.4) is 0 Å². The number of hydrogen-bond acceptors (Lipinski definition) is 5. The maximum absolute atomic E-state index is 13.6. The number of rotatable bonds is 5. The van der Waals surface area contributed by atoms with E-state index in [1.807, 2.05) is 45.0 Å². The second kappa shape index (κ2) is 8.63. The predicted molar refractivity (Wildman–Crippen MR) is 126 cm³/mol. The topological polar surface area (TPSA) is 89.8 Å². The Morgan fingerprint density at radius 3 is 2.61 bits per heavy atom. The molecule has 0 aromatic heterocycles. The van der Waals surface area contributed by atoms with E-state index in [0.717, 1.165) is 5.56 Å². The number of allylic oxidation sites excluding steroid dienone is 2. The number of halogens is 1. The van der Waals surface area contributed by atoms with Gasteiger partial charge in [0.15, 0.2) is 5.78 Å². The number of carbonyl (C=O) groups excluding carboxylic acids is 2. The molecule has 1 amide bonds. The molecule has 2 aromatic rings. The van der Waals surface area contributed by atoms with E-state index in [-0.39, 0.29) is 34.5 Å². The van der Waals surface area contributed by atoms with Crippen LogP contribution in [0.15, 0.2) is 53.7 Å². The molecule has 2 aromatic carbocycles. The average Bonchev–Trinajstić information content (AvgIpc) is 2.72. The highest BCUT2D eigenvalue weighted by Crippen LogP contribution is 2.50. The van der Waals surface area contributed by atoms with Gasteiger partial charge in [0.2, 0.25) is 5.91 Å². The van der Waals surface area contributed by atoms with Crippen LogP contribution in [0.4, 0.5) is 11.4 Å². The minimum Gasteiger partial charge on any atom is -0.494 e. The zero-order chi connectivity index (χ0) is 23.9. The lowest BCUT2D eigenvalue weighted by atomic mass is 9.69. The van der Waals surface area contributed by atoms with Gasteiger partial charge in [-0.1, -0.05) is 43.6 Å². The minimum absolute atomic E-state index is 0.00123. The van der Waals surface area contributed by atoms with Gasteiger partial charge in [-0.2, -0.15) is 0 Å². The molecule has 0 bridgehead atoms. The zero-order valence-corrected chi connectivity index (χ0v) is 19.5. The summed E-state index contributed by atoms with van der Waals surface area (Å²) in [4.78, 5) is 39.6. The molecule has 0 saturated heterocycles. The van der Waals surface area contributed by atoms with Gasteiger partial charge in [0.1, 0.15) is 11.4 Å². The average molecular weight is 469 g/mol. The normalized spacial score (nSPS) is 20.0. The molecule has 1 aliphatic carbocycles. The number of Topliss-reactive ketones (excluding diaryl/α,β-unsaturated/α-hetero) is 1. The van der Waals surface area contributed by atoms with Crippen LogP contribution in [-0.4, -0.2) is 23.2 Å². The van der Waals surface area contributed by atoms with Crippen molar-refractivity contribution in [1.29, 1.82) is 0 Å². The molecule has 2 aliphatic rings. The van der Waals surface area contributed by atoms with E-state index >= 15 is 0 Å². The Hall–Kier alpha value is -3.19. The number of benzene rings is 2. The number of nitrogens with zero attached hydrogens (tertiary/aromatic N) is 2. The van der Waals surface area contributed by atoms with Crippen molar-refractivity contribution in [1.82, 2.24) is 0 Å². The molecule has 0 radical (unpaired) electrons. The maximum atomic E-state index is 13.6. The van der Waals surface area contributed by atoms with E-state index in [1.54, 1.807) is 0 Å². The van der Waals surface area contributed by atoms with Crippen LogP contribution < -0.4 is 9.64 Å². The van der Waals surface area contributed by atoms with Gasteiger partial charge in [-0.3, -0.25) is 24.6 Å². The van der Waals surface area contributed by atoms with Crippen LogP contribution >= 0.6 is 11.6 Å². The van der Waals surface area contributed by atoms with Crippen molar-refractivity contribution in [2.24, 2.45) is 5.41 Å². The van der Waals surface area contributed by atoms with Gasteiger partial charge >= 0.3 is 0 Å². The van der Waals surface area contributed by atoms with Crippen molar-refractivity contribution in [3.8, 4) is 5.75 Å². The summed E-state index contributed by atoms with van der Waals surface area (Å²) >= 11 is 6.17. The first-order valence-electron chi connectivity index (χ1n) is 10.9. The summed E-state index contributed by atoms with van der Waals surface area (Å²) in [6.07, 6.45) is 0.758. The van der Waals surface area contributed by atoms with E-state index < -0.39 is 16.3 Å². The highest BCUT2D eigenvalue weighted by Gasteiger charge is 2.46. The summed E-state index contributed by atoms with van der Waals surface area (Å²) in [5.74, 6) is -0.224. The summed E-state index contributed by atoms with van der Waals surface area (Å²) in [6, 6.07) is 11.5. The van der Waals surface area contributed by atoms with Gasteiger partial charge in [-0.25, -0.2) is 0 Å². The predicted octanol–water partition coefficient (Wildman–Crippen LogP) is 5.81. The molecule has 0 fully saturated rings. The third-order valence-corrected chi connectivity index (χ3v) is 6.35. The molecule has 172 valence electrons. The number of para-hydroxylation sites is 1. The van der Waals surface area contributed by atoms with Crippen molar-refractivity contribution < 1.29 is 19.2 Å². The van der Waals surface area contributed by atoms with Crippen LogP contribution in [0.5, 0.6) is 5.75 Å². The lowest BCUT2D eigenvalue weighted by Crippen LogP contribution is -2.44. The Balaban J connectivity index is 1.96. The number of carbonyl (C=O) groups is 2. The molecule has 0 spiro atoms. The van der Waals surface area contributed by atoms with Gasteiger partial charge in [-0.05, 0) is 37.0 Å². The van der Waals surface area contributed by atoms with Crippen molar-refractivity contribution in [2.75, 3.05) is 11.5 Å². The van der Waals surface area contributed by atoms with E-state index in [4.69, 9.17) is 16.3 Å². The van der Waals surface area contributed by atoms with E-state index in [9.17, 15) is 19.7 Å². The monoisotopic (exact) mass is 468 g/mol. The third-order valence-electron chi connectivity index (χ3n) is 6.11. The quantitative estimate of drug-likeness (QED) is 0.408. The van der Waals surface area contributed by atoms with Crippen LogP contribution in [0.25, 0.3) is 0 Å². The first kappa shape index (κ1) is 23.0. The van der Waals surface area contributed by atoms with E-state index in [1.165, 1.54) is 23.1 Å². The molecular formula is C25H25ClN2O5. The molecule has 1 aliphatic heterocycles. The fraction of sp³-hybridized carbons (Fsp3) is 0.360. The van der Waals surface area contributed by atoms with Crippen LogP contribution in [0.1, 0.15) is 51.5 Å². The smallest absolute Gasteiger partial charge is 0.293 e. The Morgan fingerprint density at radius 1 is 1.18 bits per heavy atom. The molecule has 0 saturated carbocycles. The first-order chi connectivity index (χ1) is 15.6. The Morgan fingerprint density at radius 2 is 1.91 bits per heavy atom. The van der Waals surface area contributed by atoms with Gasteiger partial charge in [0.05, 0.1) is 11.5 Å². The summed E-state index contributed by atoms with van der Waals surface area (Å²) in [6.45, 7) is 6.25. The van der Waals surface area contributed by atoms with E-state index in [0.29, 0.717) is 36.5 Å². The lowest BCUT2D eigenvalue weighted by molar-refractivity contribution is -0.384. The highest BCUT2D eigenvalue weighted by molar-refractivity contribution is 6.31. The molecule has 0 N–H and O–H groups in total. The van der Waals surface area contributed by atoms with Gasteiger partial charge in [-0.15, -0.1) is 0 Å². The zero-order valence-electron chi connectivity index (χ0n) is 18.8. The standard InChI is InChI=1S/C25H25ClN2O5/c1-4-33-22-8-6-5-7-16(22)17-12-23(30)27(19-11-15(26)9-10-18(19)28(31)32)20-13-25(2,3)14-21(29)24(17)20/h5-11,17H,4,12-14H2,1-3H3. The molecule has 4 rings (SSSR count). The fourth-order valence-corrected chi connectivity index (χ4v) is 5.01.